The summed E-state index contributed by atoms with van der Waals surface area (Å²) in [6.07, 6.45) is 10.2. The Morgan fingerprint density at radius 2 is 1.89 bits per heavy atom. The van der Waals surface area contributed by atoms with Gasteiger partial charge in [-0.25, -0.2) is 4.21 Å². The molecule has 0 saturated heterocycles. The van der Waals surface area contributed by atoms with Crippen molar-refractivity contribution in [2.45, 2.75) is 37.0 Å². The summed E-state index contributed by atoms with van der Waals surface area (Å²) in [6, 6.07) is 7.94. The predicted octanol–water partition coefficient (Wildman–Crippen LogP) is 4.08. The SMILES string of the molecule is CS1(=O)=NC(C2CCCCC2)=Cc2ccccc21. The van der Waals surface area contributed by atoms with Crippen molar-refractivity contribution in [2.75, 3.05) is 6.26 Å². The maximum atomic E-state index is 12.7. The third kappa shape index (κ3) is 2.12. The largest absolute Gasteiger partial charge is 0.245 e. The molecule has 0 N–H and O–H groups in total. The first-order valence-electron chi connectivity index (χ1n) is 6.70. The number of rotatable bonds is 1. The van der Waals surface area contributed by atoms with Gasteiger partial charge in [0.2, 0.25) is 0 Å². The lowest BCUT2D eigenvalue weighted by atomic mass is 9.86. The van der Waals surface area contributed by atoms with E-state index in [1.165, 1.54) is 32.1 Å². The van der Waals surface area contributed by atoms with E-state index in [2.05, 4.69) is 16.5 Å². The Bertz CT molecular complexity index is 603. The molecule has 1 aromatic carbocycles. The molecular weight excluding hydrogens is 242 g/mol. The quantitative estimate of drug-likeness (QED) is 0.749. The molecule has 96 valence electrons. The Kier molecular flexibility index (Phi) is 3.02. The van der Waals surface area contributed by atoms with Crippen LogP contribution in [0.15, 0.2) is 39.2 Å². The van der Waals surface area contributed by atoms with E-state index < -0.39 is 9.73 Å². The van der Waals surface area contributed by atoms with Gasteiger partial charge in [0.25, 0.3) is 0 Å². The highest BCUT2D eigenvalue weighted by Gasteiger charge is 2.23. The molecule has 1 atom stereocenters. The fourth-order valence-corrected chi connectivity index (χ4v) is 4.57. The summed E-state index contributed by atoms with van der Waals surface area (Å²) in [7, 11) is -2.23. The van der Waals surface area contributed by atoms with Gasteiger partial charge in [-0.3, -0.25) is 0 Å². The highest BCUT2D eigenvalue weighted by atomic mass is 32.2. The molecule has 0 bridgehead atoms. The van der Waals surface area contributed by atoms with E-state index in [9.17, 15) is 4.21 Å². The van der Waals surface area contributed by atoms with Gasteiger partial charge in [0.1, 0.15) is 0 Å². The second kappa shape index (κ2) is 4.54. The molecule has 18 heavy (non-hydrogen) atoms. The van der Waals surface area contributed by atoms with Crippen molar-refractivity contribution in [3.63, 3.8) is 0 Å². The van der Waals surface area contributed by atoms with Crippen LogP contribution < -0.4 is 0 Å². The topological polar surface area (TPSA) is 29.4 Å². The van der Waals surface area contributed by atoms with Gasteiger partial charge in [-0.15, -0.1) is 0 Å². The highest BCUT2D eigenvalue weighted by Crippen LogP contribution is 2.36. The molecular formula is C15H19NOS. The van der Waals surface area contributed by atoms with Gasteiger partial charge >= 0.3 is 0 Å². The van der Waals surface area contributed by atoms with E-state index in [1.54, 1.807) is 6.26 Å². The number of benzene rings is 1. The van der Waals surface area contributed by atoms with Crippen molar-refractivity contribution in [2.24, 2.45) is 10.3 Å². The van der Waals surface area contributed by atoms with Crippen LogP contribution in [-0.2, 0) is 9.73 Å². The fraction of sp³-hybridized carbons (Fsp3) is 0.467. The molecule has 2 aliphatic rings. The minimum Gasteiger partial charge on any atom is -0.245 e. The number of nitrogens with zero attached hydrogens (tertiary/aromatic N) is 1. The molecule has 0 aromatic heterocycles. The number of hydrogen-bond donors (Lipinski definition) is 0. The Morgan fingerprint density at radius 3 is 2.67 bits per heavy atom. The van der Waals surface area contributed by atoms with Crippen molar-refractivity contribution in [1.82, 2.24) is 0 Å². The van der Waals surface area contributed by atoms with Crippen molar-refractivity contribution < 1.29 is 4.21 Å². The molecule has 1 unspecified atom stereocenters. The van der Waals surface area contributed by atoms with Crippen LogP contribution in [0.1, 0.15) is 37.7 Å². The van der Waals surface area contributed by atoms with E-state index in [0.717, 1.165) is 16.2 Å². The smallest absolute Gasteiger partial charge is 0.0774 e. The van der Waals surface area contributed by atoms with E-state index >= 15 is 0 Å². The zero-order chi connectivity index (χ0) is 12.6. The lowest BCUT2D eigenvalue weighted by Crippen LogP contribution is -2.13. The van der Waals surface area contributed by atoms with E-state index in [-0.39, 0.29) is 0 Å². The maximum absolute atomic E-state index is 12.7. The number of hydrogen-bond acceptors (Lipinski definition) is 2. The molecule has 1 aliphatic heterocycles. The zero-order valence-electron chi connectivity index (χ0n) is 10.8. The lowest BCUT2D eigenvalue weighted by molar-refractivity contribution is 0.402. The van der Waals surface area contributed by atoms with Gasteiger partial charge in [0, 0.05) is 12.2 Å². The summed E-state index contributed by atoms with van der Waals surface area (Å²) >= 11 is 0. The van der Waals surface area contributed by atoms with Crippen LogP contribution in [0.5, 0.6) is 0 Å². The second-order valence-corrected chi connectivity index (χ2v) is 7.56. The fourth-order valence-electron chi connectivity index (χ4n) is 2.97. The van der Waals surface area contributed by atoms with E-state index in [0.29, 0.717) is 5.92 Å². The van der Waals surface area contributed by atoms with Crippen LogP contribution in [0.25, 0.3) is 6.08 Å². The van der Waals surface area contributed by atoms with Gasteiger partial charge in [-0.1, -0.05) is 37.5 Å². The third-order valence-electron chi connectivity index (χ3n) is 3.93. The second-order valence-electron chi connectivity index (χ2n) is 5.34. The van der Waals surface area contributed by atoms with Crippen LogP contribution >= 0.6 is 0 Å². The monoisotopic (exact) mass is 261 g/mol. The van der Waals surface area contributed by atoms with Crippen LogP contribution in [-0.4, -0.2) is 10.5 Å². The predicted molar refractivity (Wildman–Crippen MR) is 75.8 cm³/mol. The molecule has 0 amide bonds. The molecule has 1 saturated carbocycles. The third-order valence-corrected chi connectivity index (χ3v) is 5.68. The first-order chi connectivity index (χ1) is 8.67. The van der Waals surface area contributed by atoms with Gasteiger partial charge in [-0.05, 0) is 30.5 Å². The normalized spacial score (nSPS) is 28.2. The molecule has 1 aromatic rings. The molecule has 1 heterocycles. The zero-order valence-corrected chi connectivity index (χ0v) is 11.6. The van der Waals surface area contributed by atoms with Crippen LogP contribution in [0.3, 0.4) is 0 Å². The molecule has 1 aliphatic carbocycles. The van der Waals surface area contributed by atoms with Crippen molar-refractivity contribution >= 4 is 15.8 Å². The highest BCUT2D eigenvalue weighted by molar-refractivity contribution is 7.93. The van der Waals surface area contributed by atoms with Crippen molar-refractivity contribution in [3.05, 3.63) is 35.5 Å². The molecule has 2 nitrogen and oxygen atoms in total. The average Bonchev–Trinajstić information content (AvgIpc) is 2.39. The Hall–Kier alpha value is -1.09. The van der Waals surface area contributed by atoms with Gasteiger partial charge in [0.15, 0.2) is 0 Å². The lowest BCUT2D eigenvalue weighted by Gasteiger charge is -2.25. The molecule has 0 radical (unpaired) electrons. The molecule has 3 heteroatoms. The van der Waals surface area contributed by atoms with Gasteiger partial charge in [-0.2, -0.15) is 4.36 Å². The minimum atomic E-state index is -2.23. The average molecular weight is 261 g/mol. The summed E-state index contributed by atoms with van der Waals surface area (Å²) in [5.74, 6) is 0.521. The Labute approximate surface area is 109 Å². The van der Waals surface area contributed by atoms with Crippen molar-refractivity contribution in [1.29, 1.82) is 0 Å². The first-order valence-corrected chi connectivity index (χ1v) is 8.62. The summed E-state index contributed by atoms with van der Waals surface area (Å²) in [5.41, 5.74) is 2.17. The van der Waals surface area contributed by atoms with Crippen molar-refractivity contribution in [3.8, 4) is 0 Å². The van der Waals surface area contributed by atoms with Gasteiger partial charge < -0.3 is 0 Å². The summed E-state index contributed by atoms with van der Waals surface area (Å²) < 4.78 is 17.2. The summed E-state index contributed by atoms with van der Waals surface area (Å²) in [4.78, 5) is 0.893. The van der Waals surface area contributed by atoms with Gasteiger partial charge in [0.05, 0.1) is 20.3 Å². The minimum absolute atomic E-state index is 0.521. The van der Waals surface area contributed by atoms with Crippen LogP contribution in [0.4, 0.5) is 0 Å². The van der Waals surface area contributed by atoms with Crippen LogP contribution in [0, 0.1) is 5.92 Å². The van der Waals surface area contributed by atoms with E-state index in [1.807, 2.05) is 18.2 Å². The molecule has 3 rings (SSSR count). The summed E-state index contributed by atoms with van der Waals surface area (Å²) in [6.45, 7) is 0. The maximum Gasteiger partial charge on any atom is 0.0774 e. The molecule has 1 fully saturated rings. The number of allylic oxidation sites excluding steroid dienone is 1. The molecule has 0 spiro atoms. The standard InChI is InChI=1S/C15H19NOS/c1-18(17)15-10-6-5-9-13(15)11-14(16-18)12-7-3-2-4-8-12/h5-6,9-12H,2-4,7-8H2,1H3. The van der Waals surface area contributed by atoms with E-state index in [4.69, 9.17) is 0 Å². The first kappa shape index (κ1) is 12.0. The number of fused-ring (bicyclic) bond motifs is 1. The van der Waals surface area contributed by atoms with Crippen LogP contribution in [0.2, 0.25) is 0 Å². The Balaban J connectivity index is 2.06. The Morgan fingerprint density at radius 1 is 1.17 bits per heavy atom. The summed E-state index contributed by atoms with van der Waals surface area (Å²) in [5, 5.41) is 0.